The molecule has 0 bridgehead atoms. The lowest BCUT2D eigenvalue weighted by Crippen LogP contribution is -2.65. The zero-order valence-electron chi connectivity index (χ0n) is 17.9. The predicted molar refractivity (Wildman–Crippen MR) is 113 cm³/mol. The maximum Gasteiger partial charge on any atom is 0.271 e. The van der Waals surface area contributed by atoms with Crippen molar-refractivity contribution < 1.29 is 14.0 Å². The highest BCUT2D eigenvalue weighted by atomic mass is 16.3. The molecule has 29 heavy (non-hydrogen) atoms. The second-order valence-corrected chi connectivity index (χ2v) is 9.36. The molecule has 6 nitrogen and oxygen atoms in total. The molecule has 3 heterocycles. The maximum absolute atomic E-state index is 13.6. The third-order valence-electron chi connectivity index (χ3n) is 6.66. The third kappa shape index (κ3) is 3.69. The van der Waals surface area contributed by atoms with E-state index in [4.69, 9.17) is 4.42 Å². The van der Waals surface area contributed by atoms with Crippen LogP contribution in [-0.4, -0.2) is 39.4 Å². The quantitative estimate of drug-likeness (QED) is 0.761. The molecule has 0 spiro atoms. The Bertz CT molecular complexity index is 888. The molecule has 1 N–H and O–H groups in total. The fourth-order valence-electron chi connectivity index (χ4n) is 4.77. The Labute approximate surface area is 172 Å². The van der Waals surface area contributed by atoms with Crippen LogP contribution in [0.1, 0.15) is 76.2 Å². The number of rotatable bonds is 5. The molecule has 2 amide bonds. The summed E-state index contributed by atoms with van der Waals surface area (Å²) < 4.78 is 7.48. The van der Waals surface area contributed by atoms with Gasteiger partial charge in [0.05, 0.1) is 18.3 Å². The van der Waals surface area contributed by atoms with Crippen molar-refractivity contribution >= 4 is 22.9 Å². The minimum Gasteiger partial charge on any atom is -0.463 e. The molecule has 1 atom stereocenters. The average molecular weight is 400 g/mol. The monoisotopic (exact) mass is 399 g/mol. The largest absolute Gasteiger partial charge is 0.463 e. The van der Waals surface area contributed by atoms with Gasteiger partial charge in [0.2, 0.25) is 5.91 Å². The Morgan fingerprint density at radius 3 is 2.69 bits per heavy atom. The Kier molecular flexibility index (Phi) is 5.45. The van der Waals surface area contributed by atoms with Crippen molar-refractivity contribution in [1.29, 1.82) is 0 Å². The molecule has 6 heteroatoms. The summed E-state index contributed by atoms with van der Waals surface area (Å²) in [5.74, 6) is 0.348. The first-order valence-corrected chi connectivity index (χ1v) is 11.1. The highest BCUT2D eigenvalue weighted by Gasteiger charge is 2.48. The lowest BCUT2D eigenvalue weighted by Gasteiger charge is -2.44. The number of fused-ring (bicyclic) bond motifs is 3. The van der Waals surface area contributed by atoms with Gasteiger partial charge >= 0.3 is 0 Å². The van der Waals surface area contributed by atoms with Crippen molar-refractivity contribution in [3.63, 3.8) is 0 Å². The van der Waals surface area contributed by atoms with Gasteiger partial charge in [-0.05, 0) is 32.1 Å². The first-order valence-electron chi connectivity index (χ1n) is 11.1. The molecule has 1 aliphatic carbocycles. The van der Waals surface area contributed by atoms with Gasteiger partial charge in [-0.1, -0.05) is 39.5 Å². The molecule has 1 fully saturated rings. The van der Waals surface area contributed by atoms with Crippen LogP contribution in [0.5, 0.6) is 0 Å². The fraction of sp³-hybridized carbons (Fsp3) is 0.652. The third-order valence-corrected chi connectivity index (χ3v) is 6.66. The molecule has 0 unspecified atom stereocenters. The van der Waals surface area contributed by atoms with E-state index >= 15 is 0 Å². The van der Waals surface area contributed by atoms with Gasteiger partial charge in [0.1, 0.15) is 11.2 Å². The lowest BCUT2D eigenvalue weighted by molar-refractivity contribution is -0.133. The molecule has 2 aromatic heterocycles. The van der Waals surface area contributed by atoms with Crippen LogP contribution >= 0.6 is 0 Å². The number of carbonyl (C=O) groups excluding carboxylic acids is 2. The molecular formula is C23H33N3O3. The fourth-order valence-corrected chi connectivity index (χ4v) is 4.77. The van der Waals surface area contributed by atoms with Gasteiger partial charge in [-0.15, -0.1) is 0 Å². The first-order chi connectivity index (χ1) is 13.9. The van der Waals surface area contributed by atoms with Crippen molar-refractivity contribution in [2.24, 2.45) is 5.92 Å². The minimum atomic E-state index is -0.908. The van der Waals surface area contributed by atoms with E-state index in [1.165, 1.54) is 12.8 Å². The second-order valence-electron chi connectivity index (χ2n) is 9.36. The molecule has 158 valence electrons. The molecule has 0 saturated heterocycles. The van der Waals surface area contributed by atoms with Crippen molar-refractivity contribution in [1.82, 2.24) is 14.8 Å². The van der Waals surface area contributed by atoms with Crippen LogP contribution in [0, 0.1) is 5.92 Å². The normalized spacial score (nSPS) is 23.4. The molecule has 1 saturated carbocycles. The Balaban J connectivity index is 1.66. The molecular weight excluding hydrogens is 366 g/mol. The number of carbonyl (C=O) groups is 2. The molecule has 2 aliphatic rings. The minimum absolute atomic E-state index is 0.0301. The van der Waals surface area contributed by atoms with Crippen LogP contribution in [0.4, 0.5) is 0 Å². The van der Waals surface area contributed by atoms with Crippen LogP contribution in [0.2, 0.25) is 0 Å². The number of amides is 2. The summed E-state index contributed by atoms with van der Waals surface area (Å²) >= 11 is 0. The summed E-state index contributed by atoms with van der Waals surface area (Å²) in [6.45, 7) is 7.25. The van der Waals surface area contributed by atoms with E-state index in [9.17, 15) is 9.59 Å². The highest BCUT2D eigenvalue weighted by Crippen LogP contribution is 2.33. The van der Waals surface area contributed by atoms with Crippen LogP contribution in [0.25, 0.3) is 11.1 Å². The summed E-state index contributed by atoms with van der Waals surface area (Å²) in [5.41, 5.74) is 1.29. The van der Waals surface area contributed by atoms with Crippen LogP contribution in [-0.2, 0) is 11.3 Å². The predicted octanol–water partition coefficient (Wildman–Crippen LogP) is 4.33. The van der Waals surface area contributed by atoms with Gasteiger partial charge in [0.15, 0.2) is 5.58 Å². The summed E-state index contributed by atoms with van der Waals surface area (Å²) in [4.78, 5) is 28.8. The van der Waals surface area contributed by atoms with E-state index in [2.05, 4.69) is 19.2 Å². The van der Waals surface area contributed by atoms with Crippen molar-refractivity contribution in [2.45, 2.75) is 83.8 Å². The van der Waals surface area contributed by atoms with E-state index in [1.807, 2.05) is 23.6 Å². The SMILES string of the molecule is CC(C)CCN1C(=O)c2cc3occc3n2C[C@@]1(C)C(=O)NC1CCCCCC1. The standard InChI is InChI=1S/C23H33N3O3/c1-16(2)10-12-26-21(27)19-14-20-18(11-13-29-20)25(19)15-23(26,3)22(28)24-17-8-6-4-5-7-9-17/h11,13-14,16-17H,4-10,12,15H2,1-3H3,(H,24,28)/t23-/m0/s1. The summed E-state index contributed by atoms with van der Waals surface area (Å²) in [6, 6.07) is 3.89. The number of aromatic nitrogens is 1. The van der Waals surface area contributed by atoms with Crippen molar-refractivity contribution in [2.75, 3.05) is 6.54 Å². The van der Waals surface area contributed by atoms with E-state index in [0.29, 0.717) is 30.3 Å². The van der Waals surface area contributed by atoms with E-state index < -0.39 is 5.54 Å². The molecule has 0 aromatic carbocycles. The molecule has 1 aliphatic heterocycles. The number of furan rings is 1. The Morgan fingerprint density at radius 1 is 1.28 bits per heavy atom. The van der Waals surface area contributed by atoms with Gasteiger partial charge in [-0.3, -0.25) is 9.59 Å². The van der Waals surface area contributed by atoms with Gasteiger partial charge < -0.3 is 19.2 Å². The number of hydrogen-bond donors (Lipinski definition) is 1. The summed E-state index contributed by atoms with van der Waals surface area (Å²) in [7, 11) is 0. The van der Waals surface area contributed by atoms with E-state index in [-0.39, 0.29) is 17.9 Å². The number of nitrogens with zero attached hydrogens (tertiary/aromatic N) is 2. The zero-order valence-corrected chi connectivity index (χ0v) is 17.9. The lowest BCUT2D eigenvalue weighted by atomic mass is 9.92. The Hall–Kier alpha value is -2.24. The second kappa shape index (κ2) is 7.88. The van der Waals surface area contributed by atoms with E-state index in [1.54, 1.807) is 11.2 Å². The molecule has 4 rings (SSSR count). The molecule has 0 radical (unpaired) electrons. The van der Waals surface area contributed by atoms with Crippen LogP contribution < -0.4 is 5.32 Å². The van der Waals surface area contributed by atoms with Gasteiger partial charge in [-0.2, -0.15) is 0 Å². The molecule has 2 aromatic rings. The van der Waals surface area contributed by atoms with Crippen LogP contribution in [0.3, 0.4) is 0 Å². The van der Waals surface area contributed by atoms with E-state index in [0.717, 1.165) is 37.6 Å². The van der Waals surface area contributed by atoms with Crippen LogP contribution in [0.15, 0.2) is 22.8 Å². The first kappa shape index (κ1) is 20.0. The van der Waals surface area contributed by atoms with Gasteiger partial charge in [-0.25, -0.2) is 0 Å². The topological polar surface area (TPSA) is 67.5 Å². The van der Waals surface area contributed by atoms with Gasteiger partial charge in [0.25, 0.3) is 5.91 Å². The highest BCUT2D eigenvalue weighted by molar-refractivity contribution is 6.02. The summed E-state index contributed by atoms with van der Waals surface area (Å²) in [5, 5.41) is 3.30. The number of hydrogen-bond acceptors (Lipinski definition) is 3. The smallest absolute Gasteiger partial charge is 0.271 e. The van der Waals surface area contributed by atoms with Gasteiger partial charge in [0, 0.05) is 24.7 Å². The van der Waals surface area contributed by atoms with Crippen molar-refractivity contribution in [3.05, 3.63) is 24.1 Å². The Morgan fingerprint density at radius 2 is 2.00 bits per heavy atom. The number of nitrogens with one attached hydrogen (secondary N) is 1. The van der Waals surface area contributed by atoms with Crippen molar-refractivity contribution in [3.8, 4) is 0 Å². The summed E-state index contributed by atoms with van der Waals surface area (Å²) in [6.07, 6.45) is 9.38. The zero-order chi connectivity index (χ0) is 20.6. The average Bonchev–Trinajstić information content (AvgIpc) is 3.16. The maximum atomic E-state index is 13.6.